The van der Waals surface area contributed by atoms with E-state index < -0.39 is 47.5 Å². The van der Waals surface area contributed by atoms with E-state index in [9.17, 15) is 31.1 Å². The lowest BCUT2D eigenvalue weighted by Crippen LogP contribution is -2.24. The second-order valence-electron chi connectivity index (χ2n) is 4.10. The molecule has 0 aliphatic rings. The quantitative estimate of drug-likeness (QED) is 0.419. The minimum atomic E-state index is -5.33. The summed E-state index contributed by atoms with van der Waals surface area (Å²) in [6, 6.07) is 0. The van der Waals surface area contributed by atoms with Crippen molar-refractivity contribution in [1.82, 2.24) is 4.98 Å². The SMILES string of the molecule is CCOC(=O)Cc1ncc(CBr)c(OC(F)(F)F)c1C(F)(F)F. The fourth-order valence-electron chi connectivity index (χ4n) is 1.67. The number of halogens is 7. The monoisotopic (exact) mass is 409 g/mol. The van der Waals surface area contributed by atoms with Crippen LogP contribution in [0, 0.1) is 0 Å². The summed E-state index contributed by atoms with van der Waals surface area (Å²) >= 11 is 2.77. The summed E-state index contributed by atoms with van der Waals surface area (Å²) < 4.78 is 84.8. The Bertz CT molecular complexity index is 573. The molecule has 1 aromatic heterocycles. The van der Waals surface area contributed by atoms with E-state index in [-0.39, 0.29) is 11.9 Å². The number of carbonyl (C=O) groups excluding carboxylic acids is 1. The van der Waals surface area contributed by atoms with Crippen LogP contribution in [-0.2, 0) is 27.5 Å². The van der Waals surface area contributed by atoms with Gasteiger partial charge in [0.05, 0.1) is 18.7 Å². The number of rotatable bonds is 5. The number of ether oxygens (including phenoxy) is 2. The van der Waals surface area contributed by atoms with E-state index >= 15 is 0 Å². The van der Waals surface area contributed by atoms with E-state index in [2.05, 4.69) is 30.4 Å². The minimum absolute atomic E-state index is 0.0917. The molecule has 0 unspecified atom stereocenters. The molecule has 11 heteroatoms. The summed E-state index contributed by atoms with van der Waals surface area (Å²) in [7, 11) is 0. The molecule has 0 fully saturated rings. The lowest BCUT2D eigenvalue weighted by Gasteiger charge is -2.20. The lowest BCUT2D eigenvalue weighted by molar-refractivity contribution is -0.276. The number of pyridine rings is 1. The van der Waals surface area contributed by atoms with Crippen molar-refractivity contribution in [2.24, 2.45) is 0 Å². The van der Waals surface area contributed by atoms with Crippen LogP contribution in [0.3, 0.4) is 0 Å². The largest absolute Gasteiger partial charge is 0.573 e. The zero-order chi connectivity index (χ0) is 17.8. The third-order valence-corrected chi connectivity index (χ3v) is 3.05. The Morgan fingerprint density at radius 1 is 1.26 bits per heavy atom. The Morgan fingerprint density at radius 3 is 2.30 bits per heavy atom. The fraction of sp³-hybridized carbons (Fsp3) is 0.500. The predicted molar refractivity (Wildman–Crippen MR) is 68.9 cm³/mol. The molecule has 1 aromatic rings. The summed E-state index contributed by atoms with van der Waals surface area (Å²) in [6.45, 7) is 1.34. The van der Waals surface area contributed by atoms with Crippen LogP contribution in [0.5, 0.6) is 5.75 Å². The third kappa shape index (κ3) is 5.56. The van der Waals surface area contributed by atoms with Gasteiger partial charge in [-0.3, -0.25) is 9.78 Å². The van der Waals surface area contributed by atoms with Crippen LogP contribution >= 0.6 is 15.9 Å². The Morgan fingerprint density at radius 2 is 1.87 bits per heavy atom. The Hall–Kier alpha value is -1.52. The molecule has 23 heavy (non-hydrogen) atoms. The molecule has 0 amide bonds. The first kappa shape index (κ1) is 19.5. The molecule has 0 spiro atoms. The Kier molecular flexibility index (Phi) is 6.25. The van der Waals surface area contributed by atoms with Crippen LogP contribution in [0.1, 0.15) is 23.7 Å². The normalized spacial score (nSPS) is 12.2. The van der Waals surface area contributed by atoms with E-state index in [0.717, 1.165) is 6.20 Å². The highest BCUT2D eigenvalue weighted by atomic mass is 79.9. The molecule has 0 aliphatic carbocycles. The highest BCUT2D eigenvalue weighted by Crippen LogP contribution is 2.42. The molecule has 4 nitrogen and oxygen atoms in total. The average Bonchev–Trinajstić information content (AvgIpc) is 2.35. The van der Waals surface area contributed by atoms with Crippen molar-refractivity contribution in [2.75, 3.05) is 6.61 Å². The Labute approximate surface area is 134 Å². The van der Waals surface area contributed by atoms with Crippen molar-refractivity contribution >= 4 is 21.9 Å². The summed E-state index contributed by atoms with van der Waals surface area (Å²) in [4.78, 5) is 14.8. The van der Waals surface area contributed by atoms with Gasteiger partial charge in [-0.2, -0.15) is 13.2 Å². The number of esters is 1. The van der Waals surface area contributed by atoms with Crippen LogP contribution in [0.25, 0.3) is 0 Å². The van der Waals surface area contributed by atoms with Crippen molar-refractivity contribution in [3.05, 3.63) is 23.0 Å². The summed E-state index contributed by atoms with van der Waals surface area (Å²) in [5.41, 5.74) is -3.11. The zero-order valence-corrected chi connectivity index (χ0v) is 13.1. The number of alkyl halides is 7. The van der Waals surface area contributed by atoms with Crippen LogP contribution in [0.2, 0.25) is 0 Å². The van der Waals surface area contributed by atoms with E-state index in [0.29, 0.717) is 0 Å². The van der Waals surface area contributed by atoms with Crippen molar-refractivity contribution in [3.63, 3.8) is 0 Å². The van der Waals surface area contributed by atoms with Gasteiger partial charge in [0.1, 0.15) is 11.3 Å². The van der Waals surface area contributed by atoms with Gasteiger partial charge in [-0.15, -0.1) is 13.2 Å². The molecular weight excluding hydrogens is 400 g/mol. The van der Waals surface area contributed by atoms with E-state index in [1.54, 1.807) is 0 Å². The maximum Gasteiger partial charge on any atom is 0.573 e. The predicted octanol–water partition coefficient (Wildman–Crippen LogP) is 4.00. The van der Waals surface area contributed by atoms with Crippen molar-refractivity contribution < 1.29 is 40.6 Å². The van der Waals surface area contributed by atoms with Gasteiger partial charge in [-0.1, -0.05) is 15.9 Å². The number of hydrogen-bond donors (Lipinski definition) is 0. The van der Waals surface area contributed by atoms with Crippen LogP contribution in [0.15, 0.2) is 6.20 Å². The highest BCUT2D eigenvalue weighted by Gasteiger charge is 2.43. The molecule has 0 N–H and O–H groups in total. The van der Waals surface area contributed by atoms with Crippen LogP contribution in [0.4, 0.5) is 26.3 Å². The summed E-state index contributed by atoms with van der Waals surface area (Å²) in [6.07, 6.45) is -10.7. The maximum atomic E-state index is 13.2. The van der Waals surface area contributed by atoms with Gasteiger partial charge in [0, 0.05) is 17.1 Å². The molecule has 0 saturated heterocycles. The first-order valence-corrected chi connectivity index (χ1v) is 7.17. The molecule has 0 aliphatic heterocycles. The van der Waals surface area contributed by atoms with Crippen molar-refractivity contribution in [1.29, 1.82) is 0 Å². The molecule has 0 bridgehead atoms. The zero-order valence-electron chi connectivity index (χ0n) is 11.5. The van der Waals surface area contributed by atoms with Gasteiger partial charge < -0.3 is 9.47 Å². The van der Waals surface area contributed by atoms with Crippen LogP contribution in [-0.4, -0.2) is 23.9 Å². The first-order valence-electron chi connectivity index (χ1n) is 6.04. The van der Waals surface area contributed by atoms with Gasteiger partial charge in [0.2, 0.25) is 0 Å². The minimum Gasteiger partial charge on any atom is -0.466 e. The second kappa shape index (κ2) is 7.37. The highest BCUT2D eigenvalue weighted by molar-refractivity contribution is 9.08. The topological polar surface area (TPSA) is 48.4 Å². The molecule has 1 heterocycles. The number of nitrogens with zero attached hydrogens (tertiary/aromatic N) is 1. The average molecular weight is 410 g/mol. The van der Waals surface area contributed by atoms with Crippen molar-refractivity contribution in [3.8, 4) is 5.75 Å². The second-order valence-corrected chi connectivity index (χ2v) is 4.66. The van der Waals surface area contributed by atoms with Gasteiger partial charge in [-0.05, 0) is 6.92 Å². The van der Waals surface area contributed by atoms with Gasteiger partial charge >= 0.3 is 18.5 Å². The number of hydrogen-bond acceptors (Lipinski definition) is 4. The molecule has 0 radical (unpaired) electrons. The van der Waals surface area contributed by atoms with Gasteiger partial charge in [0.15, 0.2) is 0 Å². The fourth-order valence-corrected chi connectivity index (χ4v) is 2.07. The molecule has 1 rings (SSSR count). The molecule has 0 aromatic carbocycles. The molecule has 0 saturated carbocycles. The van der Waals surface area contributed by atoms with E-state index in [4.69, 9.17) is 0 Å². The smallest absolute Gasteiger partial charge is 0.466 e. The van der Waals surface area contributed by atoms with Gasteiger partial charge in [-0.25, -0.2) is 0 Å². The van der Waals surface area contributed by atoms with Crippen LogP contribution < -0.4 is 4.74 Å². The van der Waals surface area contributed by atoms with Gasteiger partial charge in [0.25, 0.3) is 0 Å². The van der Waals surface area contributed by atoms with E-state index in [1.807, 2.05) is 0 Å². The molecule has 0 atom stereocenters. The number of aromatic nitrogens is 1. The maximum absolute atomic E-state index is 13.2. The Balaban J connectivity index is 3.47. The number of carbonyl (C=O) groups is 1. The molecule has 130 valence electrons. The van der Waals surface area contributed by atoms with Crippen molar-refractivity contribution in [2.45, 2.75) is 31.2 Å². The molecular formula is C12H10BrF6NO3. The van der Waals surface area contributed by atoms with E-state index in [1.165, 1.54) is 6.92 Å². The standard InChI is InChI=1S/C12H10BrF6NO3/c1-2-22-8(21)3-7-9(11(14,15)16)10(23-12(17,18)19)6(4-13)5-20-7/h5H,2-4H2,1H3. The third-order valence-electron chi connectivity index (χ3n) is 2.45. The lowest BCUT2D eigenvalue weighted by atomic mass is 10.1. The summed E-state index contributed by atoms with van der Waals surface area (Å²) in [5.74, 6) is -2.48. The first-order chi connectivity index (χ1) is 10.5. The summed E-state index contributed by atoms with van der Waals surface area (Å²) in [5, 5.41) is -0.353.